The predicted octanol–water partition coefficient (Wildman–Crippen LogP) is 3.53. The van der Waals surface area contributed by atoms with Crippen molar-refractivity contribution in [3.8, 4) is 0 Å². The van der Waals surface area contributed by atoms with E-state index in [1.54, 1.807) is 11.1 Å². The number of nitrogens with zero attached hydrogens (tertiary/aromatic N) is 2. The number of amides is 1. The van der Waals surface area contributed by atoms with Gasteiger partial charge in [0.25, 0.3) is 0 Å². The van der Waals surface area contributed by atoms with Gasteiger partial charge in [0.15, 0.2) is 0 Å². The molecule has 0 spiro atoms. The van der Waals surface area contributed by atoms with E-state index in [0.29, 0.717) is 24.0 Å². The molecule has 21 heavy (non-hydrogen) atoms. The zero-order valence-electron chi connectivity index (χ0n) is 13.1. The van der Waals surface area contributed by atoms with Crippen molar-refractivity contribution >= 4 is 29.0 Å². The summed E-state index contributed by atoms with van der Waals surface area (Å²) in [6.07, 6.45) is 2.27. The second-order valence-corrected chi connectivity index (χ2v) is 7.39. The highest BCUT2D eigenvalue weighted by molar-refractivity contribution is 7.15. The number of rotatable bonds is 7. The van der Waals surface area contributed by atoms with Gasteiger partial charge in [0.05, 0.1) is 6.20 Å². The maximum Gasteiger partial charge on any atom is 0.410 e. The third-order valence-electron chi connectivity index (χ3n) is 2.62. The Hall–Kier alpha value is -0.850. The van der Waals surface area contributed by atoms with E-state index >= 15 is 0 Å². The fourth-order valence-corrected chi connectivity index (χ4v) is 2.59. The van der Waals surface area contributed by atoms with E-state index in [2.05, 4.69) is 10.3 Å². The first-order valence-corrected chi connectivity index (χ1v) is 8.30. The molecule has 0 fully saturated rings. The highest BCUT2D eigenvalue weighted by Crippen LogP contribution is 2.17. The molecular weight excluding hydrogens is 310 g/mol. The topological polar surface area (TPSA) is 54.5 Å². The van der Waals surface area contributed by atoms with Crippen molar-refractivity contribution in [2.24, 2.45) is 0 Å². The summed E-state index contributed by atoms with van der Waals surface area (Å²) in [6.45, 7) is 10.4. The quantitative estimate of drug-likeness (QED) is 0.775. The zero-order valence-corrected chi connectivity index (χ0v) is 14.7. The van der Waals surface area contributed by atoms with Crippen molar-refractivity contribution < 1.29 is 9.53 Å². The van der Waals surface area contributed by atoms with Gasteiger partial charge in [-0.05, 0) is 40.7 Å². The van der Waals surface area contributed by atoms with Crippen LogP contribution in [0, 0.1) is 0 Å². The first-order chi connectivity index (χ1) is 9.81. The predicted molar refractivity (Wildman–Crippen MR) is 86.9 cm³/mol. The molecule has 0 radical (unpaired) electrons. The van der Waals surface area contributed by atoms with Crippen molar-refractivity contribution in [1.82, 2.24) is 15.2 Å². The van der Waals surface area contributed by atoms with E-state index in [9.17, 15) is 4.79 Å². The molecule has 1 aromatic rings. The molecule has 5 nitrogen and oxygen atoms in total. The molecule has 0 saturated heterocycles. The minimum atomic E-state index is -0.452. The van der Waals surface area contributed by atoms with Crippen molar-refractivity contribution in [2.45, 2.75) is 46.3 Å². The van der Waals surface area contributed by atoms with Crippen LogP contribution in [0.5, 0.6) is 0 Å². The highest BCUT2D eigenvalue weighted by atomic mass is 35.5. The van der Waals surface area contributed by atoms with Crippen LogP contribution in [0.4, 0.5) is 4.79 Å². The van der Waals surface area contributed by atoms with E-state index in [4.69, 9.17) is 16.3 Å². The second kappa shape index (κ2) is 8.56. The van der Waals surface area contributed by atoms with Crippen molar-refractivity contribution in [3.05, 3.63) is 15.5 Å². The minimum absolute atomic E-state index is 0.253. The third kappa shape index (κ3) is 7.64. The van der Waals surface area contributed by atoms with Gasteiger partial charge in [-0.15, -0.1) is 11.3 Å². The Bertz CT molecular complexity index is 446. The average Bonchev–Trinajstić information content (AvgIpc) is 2.77. The Balaban J connectivity index is 2.21. The van der Waals surface area contributed by atoms with Gasteiger partial charge in [0, 0.05) is 19.6 Å². The Morgan fingerprint density at radius 2 is 2.24 bits per heavy atom. The molecule has 0 aliphatic carbocycles. The van der Waals surface area contributed by atoms with Gasteiger partial charge >= 0.3 is 6.09 Å². The summed E-state index contributed by atoms with van der Waals surface area (Å²) in [7, 11) is 0. The standard InChI is InChI=1S/C14H24ClN3O2S/c1-5-18(13(19)20-14(2,3)4)8-6-7-16-10-12-17-9-11(15)21-12/h9,16H,5-8,10H2,1-4H3. The van der Waals surface area contributed by atoms with Crippen LogP contribution in [0.15, 0.2) is 6.20 Å². The van der Waals surface area contributed by atoms with E-state index in [1.807, 2.05) is 27.7 Å². The lowest BCUT2D eigenvalue weighted by molar-refractivity contribution is 0.0258. The summed E-state index contributed by atoms with van der Waals surface area (Å²) in [5.74, 6) is 0. The first-order valence-electron chi connectivity index (χ1n) is 7.10. The number of halogens is 1. The molecule has 0 saturated carbocycles. The summed E-state index contributed by atoms with van der Waals surface area (Å²) in [5.41, 5.74) is -0.452. The number of nitrogens with one attached hydrogen (secondary N) is 1. The lowest BCUT2D eigenvalue weighted by Gasteiger charge is -2.26. The van der Waals surface area contributed by atoms with Gasteiger partial charge in [-0.1, -0.05) is 11.6 Å². The van der Waals surface area contributed by atoms with Crippen LogP contribution in [0.1, 0.15) is 39.1 Å². The second-order valence-electron chi connectivity index (χ2n) is 5.65. The normalized spacial score (nSPS) is 11.5. The van der Waals surface area contributed by atoms with Gasteiger partial charge in [0.1, 0.15) is 14.9 Å². The van der Waals surface area contributed by atoms with Gasteiger partial charge in [0.2, 0.25) is 0 Å². The van der Waals surface area contributed by atoms with Crippen LogP contribution in [0.3, 0.4) is 0 Å². The molecule has 0 bridgehead atoms. The molecule has 0 aromatic carbocycles. The molecule has 1 rings (SSSR count). The van der Waals surface area contributed by atoms with Gasteiger partial charge in [-0.25, -0.2) is 9.78 Å². The van der Waals surface area contributed by atoms with E-state index in [0.717, 1.165) is 18.0 Å². The van der Waals surface area contributed by atoms with Gasteiger partial charge in [-0.3, -0.25) is 0 Å². The molecule has 0 atom stereocenters. The van der Waals surface area contributed by atoms with Crippen LogP contribution in [0.2, 0.25) is 4.34 Å². The molecule has 1 amide bonds. The Morgan fingerprint density at radius 1 is 1.52 bits per heavy atom. The summed E-state index contributed by atoms with van der Waals surface area (Å²) in [5, 5.41) is 4.26. The van der Waals surface area contributed by atoms with Gasteiger partial charge < -0.3 is 15.0 Å². The summed E-state index contributed by atoms with van der Waals surface area (Å²) in [6, 6.07) is 0. The van der Waals surface area contributed by atoms with Crippen LogP contribution in [0.25, 0.3) is 0 Å². The van der Waals surface area contributed by atoms with E-state index < -0.39 is 5.60 Å². The number of carbonyl (C=O) groups excluding carboxylic acids is 1. The fraction of sp³-hybridized carbons (Fsp3) is 0.714. The Labute approximate surface area is 135 Å². The van der Waals surface area contributed by atoms with Crippen molar-refractivity contribution in [2.75, 3.05) is 19.6 Å². The molecule has 7 heteroatoms. The summed E-state index contributed by atoms with van der Waals surface area (Å²) < 4.78 is 6.07. The number of aromatic nitrogens is 1. The van der Waals surface area contributed by atoms with Gasteiger partial charge in [-0.2, -0.15) is 0 Å². The molecule has 120 valence electrons. The van der Waals surface area contributed by atoms with E-state index in [-0.39, 0.29) is 6.09 Å². The van der Waals surface area contributed by atoms with Crippen LogP contribution in [-0.2, 0) is 11.3 Å². The number of hydrogen-bond donors (Lipinski definition) is 1. The SMILES string of the molecule is CCN(CCCNCc1ncc(Cl)s1)C(=O)OC(C)(C)C. The zero-order chi connectivity index (χ0) is 15.9. The molecule has 0 aliphatic heterocycles. The monoisotopic (exact) mass is 333 g/mol. The fourth-order valence-electron chi connectivity index (χ4n) is 1.66. The molecule has 0 unspecified atom stereocenters. The Morgan fingerprint density at radius 3 is 2.76 bits per heavy atom. The smallest absolute Gasteiger partial charge is 0.410 e. The lowest BCUT2D eigenvalue weighted by atomic mass is 10.2. The maximum absolute atomic E-state index is 11.9. The number of hydrogen-bond acceptors (Lipinski definition) is 5. The van der Waals surface area contributed by atoms with Crippen molar-refractivity contribution in [3.63, 3.8) is 0 Å². The summed E-state index contributed by atoms with van der Waals surface area (Å²) in [4.78, 5) is 17.8. The Kier molecular flexibility index (Phi) is 7.42. The third-order valence-corrected chi connectivity index (χ3v) is 3.73. The molecule has 1 N–H and O–H groups in total. The van der Waals surface area contributed by atoms with Crippen LogP contribution >= 0.6 is 22.9 Å². The van der Waals surface area contributed by atoms with Crippen LogP contribution < -0.4 is 5.32 Å². The average molecular weight is 334 g/mol. The number of carbonyl (C=O) groups is 1. The highest BCUT2D eigenvalue weighted by Gasteiger charge is 2.20. The summed E-state index contributed by atoms with van der Waals surface area (Å²) >= 11 is 7.29. The largest absolute Gasteiger partial charge is 0.444 e. The first kappa shape index (κ1) is 18.2. The molecular formula is C14H24ClN3O2S. The maximum atomic E-state index is 11.9. The minimum Gasteiger partial charge on any atom is -0.444 e. The van der Waals surface area contributed by atoms with Crippen molar-refractivity contribution in [1.29, 1.82) is 0 Å². The molecule has 0 aliphatic rings. The van der Waals surface area contributed by atoms with E-state index in [1.165, 1.54) is 11.3 Å². The molecule has 1 heterocycles. The lowest BCUT2D eigenvalue weighted by Crippen LogP contribution is -2.38. The number of ether oxygens (including phenoxy) is 1. The van der Waals surface area contributed by atoms with Crippen LogP contribution in [-0.4, -0.2) is 41.2 Å². The number of thiazole rings is 1. The molecule has 1 aromatic heterocycles.